The highest BCUT2D eigenvalue weighted by molar-refractivity contribution is 9.10. The average Bonchev–Trinajstić information content (AvgIpc) is 2.39. The molecule has 1 amide bonds. The van der Waals surface area contributed by atoms with Crippen LogP contribution in [0.15, 0.2) is 22.7 Å². The van der Waals surface area contributed by atoms with Crippen LogP contribution in [-0.4, -0.2) is 18.0 Å². The molecule has 0 aliphatic carbocycles. The van der Waals surface area contributed by atoms with E-state index in [4.69, 9.17) is 0 Å². The van der Waals surface area contributed by atoms with Crippen molar-refractivity contribution in [3.8, 4) is 0 Å². The molecule has 1 aromatic rings. The fraction of sp³-hybridized carbons (Fsp3) is 0.533. The lowest BCUT2D eigenvalue weighted by atomic mass is 10.1. The summed E-state index contributed by atoms with van der Waals surface area (Å²) in [7, 11) is 0. The first-order valence-corrected chi connectivity index (χ1v) is 7.60. The van der Waals surface area contributed by atoms with Crippen molar-refractivity contribution in [2.75, 3.05) is 5.32 Å². The highest BCUT2D eigenvalue weighted by atomic mass is 79.9. The number of hydrogen-bond donors (Lipinski definition) is 2. The van der Waals surface area contributed by atoms with Crippen LogP contribution in [0.5, 0.6) is 0 Å². The Kier molecular flexibility index (Phi) is 6.35. The molecule has 0 aromatic heterocycles. The third kappa shape index (κ3) is 4.86. The topological polar surface area (TPSA) is 41.1 Å². The lowest BCUT2D eigenvalue weighted by Gasteiger charge is -2.20. The van der Waals surface area contributed by atoms with E-state index in [9.17, 15) is 4.79 Å². The predicted molar refractivity (Wildman–Crippen MR) is 84.5 cm³/mol. The number of halogens is 1. The van der Waals surface area contributed by atoms with E-state index in [2.05, 4.69) is 40.4 Å². The lowest BCUT2D eigenvalue weighted by molar-refractivity contribution is -0.122. The molecule has 19 heavy (non-hydrogen) atoms. The van der Waals surface area contributed by atoms with Crippen molar-refractivity contribution in [3.05, 3.63) is 28.2 Å². The van der Waals surface area contributed by atoms with Gasteiger partial charge in [0.2, 0.25) is 5.91 Å². The molecular weight excluding hydrogens is 304 g/mol. The van der Waals surface area contributed by atoms with Gasteiger partial charge in [0.25, 0.3) is 0 Å². The van der Waals surface area contributed by atoms with Crippen LogP contribution >= 0.6 is 15.9 Å². The Morgan fingerprint density at radius 3 is 2.47 bits per heavy atom. The van der Waals surface area contributed by atoms with E-state index in [1.165, 1.54) is 0 Å². The van der Waals surface area contributed by atoms with Gasteiger partial charge in [-0.3, -0.25) is 4.79 Å². The Balaban J connectivity index is 2.60. The molecule has 0 fully saturated rings. The number of benzene rings is 1. The highest BCUT2D eigenvalue weighted by Gasteiger charge is 2.15. The summed E-state index contributed by atoms with van der Waals surface area (Å²) >= 11 is 3.47. The van der Waals surface area contributed by atoms with E-state index in [0.29, 0.717) is 0 Å². The van der Waals surface area contributed by atoms with Crippen LogP contribution in [0.1, 0.15) is 39.2 Å². The van der Waals surface area contributed by atoms with Crippen molar-refractivity contribution in [2.24, 2.45) is 0 Å². The number of hydrogen-bond acceptors (Lipinski definition) is 2. The van der Waals surface area contributed by atoms with Gasteiger partial charge in [0.15, 0.2) is 0 Å². The molecule has 0 aliphatic rings. The molecule has 1 aromatic carbocycles. The van der Waals surface area contributed by atoms with Gasteiger partial charge in [-0.05, 0) is 50.5 Å². The van der Waals surface area contributed by atoms with E-state index in [-0.39, 0.29) is 18.0 Å². The number of nitrogens with one attached hydrogen (secondary N) is 2. The van der Waals surface area contributed by atoms with Crippen LogP contribution in [0.4, 0.5) is 5.69 Å². The molecule has 0 aliphatic heterocycles. The number of carbonyl (C=O) groups excluding carboxylic acids is 1. The Morgan fingerprint density at radius 2 is 1.95 bits per heavy atom. The zero-order valence-electron chi connectivity index (χ0n) is 12.1. The summed E-state index contributed by atoms with van der Waals surface area (Å²) in [5.74, 6) is 0.0503. The first-order valence-electron chi connectivity index (χ1n) is 6.81. The van der Waals surface area contributed by atoms with Crippen molar-refractivity contribution in [1.82, 2.24) is 5.32 Å². The summed E-state index contributed by atoms with van der Waals surface area (Å²) in [5.41, 5.74) is 2.12. The summed E-state index contributed by atoms with van der Waals surface area (Å²) in [6.07, 6.45) is 1.93. The summed E-state index contributed by atoms with van der Waals surface area (Å²) < 4.78 is 1.08. The second-order valence-electron chi connectivity index (χ2n) is 4.85. The zero-order chi connectivity index (χ0) is 14.4. The lowest BCUT2D eigenvalue weighted by Crippen LogP contribution is -2.42. The van der Waals surface area contributed by atoms with Gasteiger partial charge in [0.1, 0.15) is 6.04 Å². The van der Waals surface area contributed by atoms with E-state index >= 15 is 0 Å². The number of anilines is 1. The fourth-order valence-electron chi connectivity index (χ4n) is 1.87. The SMILES string of the molecule is CCC(CC)NC(=O)C(C)Nc1ccc(Br)c(C)c1. The van der Waals surface area contributed by atoms with Crippen LogP contribution in [0, 0.1) is 6.92 Å². The van der Waals surface area contributed by atoms with Crippen molar-refractivity contribution in [2.45, 2.75) is 52.6 Å². The molecule has 4 heteroatoms. The van der Waals surface area contributed by atoms with Gasteiger partial charge < -0.3 is 10.6 Å². The largest absolute Gasteiger partial charge is 0.374 e. The van der Waals surface area contributed by atoms with Crippen molar-refractivity contribution >= 4 is 27.5 Å². The summed E-state index contributed by atoms with van der Waals surface area (Å²) in [6.45, 7) is 8.09. The van der Waals surface area contributed by atoms with E-state index < -0.39 is 0 Å². The van der Waals surface area contributed by atoms with Crippen LogP contribution in [0.3, 0.4) is 0 Å². The molecule has 0 saturated heterocycles. The Labute approximate surface area is 124 Å². The minimum Gasteiger partial charge on any atom is -0.374 e. The number of aryl methyl sites for hydroxylation is 1. The Bertz CT molecular complexity index is 430. The molecule has 0 spiro atoms. The maximum atomic E-state index is 12.0. The fourth-order valence-corrected chi connectivity index (χ4v) is 2.12. The van der Waals surface area contributed by atoms with Gasteiger partial charge in [0.05, 0.1) is 0 Å². The standard InChI is InChI=1S/C15H23BrN2O/c1-5-12(6-2)18-15(19)11(4)17-13-7-8-14(16)10(3)9-13/h7-9,11-12,17H,5-6H2,1-4H3,(H,18,19). The average molecular weight is 327 g/mol. The molecule has 0 bridgehead atoms. The maximum absolute atomic E-state index is 12.0. The normalized spacial score (nSPS) is 12.3. The molecular formula is C15H23BrN2O. The third-order valence-corrected chi connectivity index (χ3v) is 4.16. The smallest absolute Gasteiger partial charge is 0.242 e. The van der Waals surface area contributed by atoms with Crippen LogP contribution < -0.4 is 10.6 Å². The number of rotatable bonds is 6. The molecule has 1 unspecified atom stereocenters. The Hall–Kier alpha value is -1.03. The minimum atomic E-state index is -0.235. The highest BCUT2D eigenvalue weighted by Crippen LogP contribution is 2.20. The third-order valence-electron chi connectivity index (χ3n) is 3.27. The van der Waals surface area contributed by atoms with Crippen molar-refractivity contribution < 1.29 is 4.79 Å². The molecule has 2 N–H and O–H groups in total. The maximum Gasteiger partial charge on any atom is 0.242 e. The second-order valence-corrected chi connectivity index (χ2v) is 5.71. The van der Waals surface area contributed by atoms with Gasteiger partial charge in [0, 0.05) is 16.2 Å². The van der Waals surface area contributed by atoms with Crippen molar-refractivity contribution in [1.29, 1.82) is 0 Å². The van der Waals surface area contributed by atoms with Crippen molar-refractivity contribution in [3.63, 3.8) is 0 Å². The van der Waals surface area contributed by atoms with Gasteiger partial charge in [-0.15, -0.1) is 0 Å². The second kappa shape index (κ2) is 7.53. The quantitative estimate of drug-likeness (QED) is 0.833. The van der Waals surface area contributed by atoms with Crippen LogP contribution in [0.2, 0.25) is 0 Å². The van der Waals surface area contributed by atoms with Gasteiger partial charge in [-0.25, -0.2) is 0 Å². The minimum absolute atomic E-state index is 0.0503. The number of carbonyl (C=O) groups is 1. The van der Waals surface area contributed by atoms with E-state index in [0.717, 1.165) is 28.6 Å². The summed E-state index contributed by atoms with van der Waals surface area (Å²) in [5, 5.41) is 6.28. The molecule has 3 nitrogen and oxygen atoms in total. The molecule has 0 saturated carbocycles. The molecule has 1 rings (SSSR count). The molecule has 1 atom stereocenters. The predicted octanol–water partition coefficient (Wildman–Crippen LogP) is 3.86. The van der Waals surface area contributed by atoms with Gasteiger partial charge in [-0.2, -0.15) is 0 Å². The number of amides is 1. The van der Waals surface area contributed by atoms with Crippen LogP contribution in [0.25, 0.3) is 0 Å². The molecule has 0 heterocycles. The zero-order valence-corrected chi connectivity index (χ0v) is 13.7. The monoisotopic (exact) mass is 326 g/mol. The molecule has 106 valence electrons. The molecule has 0 radical (unpaired) electrons. The summed E-state index contributed by atoms with van der Waals surface area (Å²) in [4.78, 5) is 12.0. The van der Waals surface area contributed by atoms with E-state index in [1.54, 1.807) is 0 Å². The van der Waals surface area contributed by atoms with E-state index in [1.807, 2.05) is 32.0 Å². The van der Waals surface area contributed by atoms with Gasteiger partial charge in [-0.1, -0.05) is 29.8 Å². The first-order chi connectivity index (χ1) is 8.97. The Morgan fingerprint density at radius 1 is 1.32 bits per heavy atom. The first kappa shape index (κ1) is 16.0. The van der Waals surface area contributed by atoms with Crippen LogP contribution in [-0.2, 0) is 4.79 Å². The van der Waals surface area contributed by atoms with Gasteiger partial charge >= 0.3 is 0 Å². The summed E-state index contributed by atoms with van der Waals surface area (Å²) in [6, 6.07) is 6.02.